The molecule has 4 rings (SSSR count). The molecule has 1 aromatic carbocycles. The normalized spacial score (nSPS) is 27.7. The number of benzene rings is 1. The third-order valence-corrected chi connectivity index (χ3v) is 6.66. The van der Waals surface area contributed by atoms with Crippen molar-refractivity contribution in [2.45, 2.75) is 56.4 Å². The lowest BCUT2D eigenvalue weighted by Crippen LogP contribution is -2.56. The molecule has 3 heterocycles. The molecule has 0 aliphatic carbocycles. The minimum absolute atomic E-state index is 0.0526. The molecule has 1 aromatic rings. The van der Waals surface area contributed by atoms with Crippen LogP contribution >= 0.6 is 0 Å². The highest BCUT2D eigenvalue weighted by atomic mass is 16.2. The van der Waals surface area contributed by atoms with Gasteiger partial charge in [0.2, 0.25) is 11.8 Å². The predicted molar refractivity (Wildman–Crippen MR) is 109 cm³/mol. The van der Waals surface area contributed by atoms with E-state index >= 15 is 0 Å². The van der Waals surface area contributed by atoms with Crippen molar-refractivity contribution in [3.63, 3.8) is 0 Å². The van der Waals surface area contributed by atoms with Crippen LogP contribution in [0.15, 0.2) is 24.3 Å². The molecule has 0 radical (unpaired) electrons. The van der Waals surface area contributed by atoms with Gasteiger partial charge in [0.15, 0.2) is 0 Å². The smallest absolute Gasteiger partial charge is 0.241 e. The number of carbonyl (C=O) groups excluding carboxylic acids is 2. The van der Waals surface area contributed by atoms with Crippen molar-refractivity contribution in [2.75, 3.05) is 19.6 Å². The molecule has 3 saturated heterocycles. The van der Waals surface area contributed by atoms with Gasteiger partial charge in [-0.1, -0.05) is 12.1 Å². The molecule has 5 atom stereocenters. The lowest BCUT2D eigenvalue weighted by atomic mass is 10.0. The number of hydrogen-bond donors (Lipinski definition) is 1. The Hall–Kier alpha value is -2.94. The van der Waals surface area contributed by atoms with Gasteiger partial charge >= 0.3 is 0 Å². The largest absolute Gasteiger partial charge is 0.330 e. The van der Waals surface area contributed by atoms with Gasteiger partial charge in [-0.25, -0.2) is 0 Å². The third kappa shape index (κ3) is 3.43. The van der Waals surface area contributed by atoms with Gasteiger partial charge in [0.1, 0.15) is 6.04 Å². The maximum atomic E-state index is 13.1. The number of likely N-dealkylation sites (tertiary alicyclic amines) is 3. The molecule has 8 nitrogen and oxygen atoms in total. The first-order valence-corrected chi connectivity index (χ1v) is 10.5. The average molecular weight is 406 g/mol. The van der Waals surface area contributed by atoms with E-state index in [-0.39, 0.29) is 36.0 Å². The highest BCUT2D eigenvalue weighted by Gasteiger charge is 2.51. The summed E-state index contributed by atoms with van der Waals surface area (Å²) in [5.41, 5.74) is 7.72. The zero-order chi connectivity index (χ0) is 21.4. The molecule has 2 N–H and O–H groups in total. The number of carbonyl (C=O) groups is 2. The summed E-state index contributed by atoms with van der Waals surface area (Å²) in [4.78, 5) is 31.3. The predicted octanol–water partition coefficient (Wildman–Crippen LogP) is 0.746. The van der Waals surface area contributed by atoms with Gasteiger partial charge in [0.25, 0.3) is 0 Å². The fourth-order valence-electron chi connectivity index (χ4n) is 5.14. The third-order valence-electron chi connectivity index (χ3n) is 6.66. The van der Waals surface area contributed by atoms with Crippen LogP contribution in [-0.4, -0.2) is 70.3 Å². The lowest BCUT2D eigenvalue weighted by Gasteiger charge is -2.38. The van der Waals surface area contributed by atoms with Crippen LogP contribution in [0.25, 0.3) is 0 Å². The zero-order valence-electron chi connectivity index (χ0n) is 17.1. The number of hydrogen-bond acceptors (Lipinski definition) is 6. The quantitative estimate of drug-likeness (QED) is 0.771. The lowest BCUT2D eigenvalue weighted by molar-refractivity contribution is -0.140. The highest BCUT2D eigenvalue weighted by molar-refractivity contribution is 5.87. The number of amides is 2. The van der Waals surface area contributed by atoms with E-state index in [1.807, 2.05) is 34.9 Å². The topological polar surface area (TPSA) is 117 Å². The summed E-state index contributed by atoms with van der Waals surface area (Å²) in [6.07, 6.45) is 2.25. The van der Waals surface area contributed by atoms with E-state index in [2.05, 4.69) is 12.1 Å². The van der Waals surface area contributed by atoms with Crippen LogP contribution in [0.4, 0.5) is 0 Å². The van der Waals surface area contributed by atoms with E-state index < -0.39 is 6.04 Å². The van der Waals surface area contributed by atoms with E-state index in [0.717, 1.165) is 18.4 Å². The zero-order valence-corrected chi connectivity index (χ0v) is 17.1. The molecule has 3 fully saturated rings. The Morgan fingerprint density at radius 2 is 2.17 bits per heavy atom. The molecule has 3 unspecified atom stereocenters. The number of nitrogens with zero attached hydrogens (tertiary/aromatic N) is 5. The van der Waals surface area contributed by atoms with Gasteiger partial charge in [-0.15, -0.1) is 0 Å². The SMILES string of the molecule is CC(c1cccc(C#N)c1)N1C(=O)[C@@H]2C[C@H]1CN2CC(N)C(=O)N1CCCC1C#N. The second kappa shape index (κ2) is 8.06. The van der Waals surface area contributed by atoms with E-state index in [0.29, 0.717) is 31.6 Å². The van der Waals surface area contributed by atoms with Gasteiger partial charge in [0.05, 0.1) is 35.8 Å². The molecule has 3 aliphatic rings. The van der Waals surface area contributed by atoms with Crippen molar-refractivity contribution < 1.29 is 9.59 Å². The fraction of sp³-hybridized carbons (Fsp3) is 0.545. The number of piperazine rings is 1. The van der Waals surface area contributed by atoms with Crippen molar-refractivity contribution in [1.29, 1.82) is 10.5 Å². The Balaban J connectivity index is 1.40. The van der Waals surface area contributed by atoms with Crippen molar-refractivity contribution >= 4 is 11.8 Å². The van der Waals surface area contributed by atoms with Crippen LogP contribution in [0.2, 0.25) is 0 Å². The van der Waals surface area contributed by atoms with Gasteiger partial charge in [-0.05, 0) is 43.9 Å². The number of nitrogens with two attached hydrogens (primary N) is 1. The van der Waals surface area contributed by atoms with Crippen LogP contribution in [0.3, 0.4) is 0 Å². The summed E-state index contributed by atoms with van der Waals surface area (Å²) in [5, 5.41) is 18.4. The van der Waals surface area contributed by atoms with Gasteiger partial charge < -0.3 is 15.5 Å². The molecule has 156 valence electrons. The Morgan fingerprint density at radius 1 is 1.37 bits per heavy atom. The molecule has 0 saturated carbocycles. The van der Waals surface area contributed by atoms with Crippen LogP contribution < -0.4 is 5.73 Å². The van der Waals surface area contributed by atoms with Crippen LogP contribution in [0, 0.1) is 22.7 Å². The van der Waals surface area contributed by atoms with Crippen molar-refractivity contribution in [3.8, 4) is 12.1 Å². The second-order valence-corrected chi connectivity index (χ2v) is 8.44. The molecular formula is C22H26N6O2. The second-order valence-electron chi connectivity index (χ2n) is 8.44. The van der Waals surface area contributed by atoms with Crippen molar-refractivity contribution in [1.82, 2.24) is 14.7 Å². The number of rotatable bonds is 5. The van der Waals surface area contributed by atoms with Crippen molar-refractivity contribution in [3.05, 3.63) is 35.4 Å². The van der Waals surface area contributed by atoms with Crippen LogP contribution in [0.1, 0.15) is 43.4 Å². The van der Waals surface area contributed by atoms with E-state index in [9.17, 15) is 14.9 Å². The Bertz CT molecular complexity index is 934. The number of fused-ring (bicyclic) bond motifs is 2. The molecule has 0 aromatic heterocycles. The summed E-state index contributed by atoms with van der Waals surface area (Å²) < 4.78 is 0. The Morgan fingerprint density at radius 3 is 2.87 bits per heavy atom. The van der Waals surface area contributed by atoms with Gasteiger partial charge in [0, 0.05) is 25.7 Å². The van der Waals surface area contributed by atoms with E-state index in [4.69, 9.17) is 11.0 Å². The summed E-state index contributed by atoms with van der Waals surface area (Å²) in [6, 6.07) is 10.3. The minimum atomic E-state index is -0.732. The molecule has 8 heteroatoms. The number of nitriles is 2. The van der Waals surface area contributed by atoms with E-state index in [1.54, 1.807) is 11.0 Å². The van der Waals surface area contributed by atoms with Crippen molar-refractivity contribution in [2.24, 2.45) is 5.73 Å². The summed E-state index contributed by atoms with van der Waals surface area (Å²) in [7, 11) is 0. The molecule has 0 spiro atoms. The summed E-state index contributed by atoms with van der Waals surface area (Å²) in [5.74, 6) is -0.148. The molecule has 2 bridgehead atoms. The molecular weight excluding hydrogens is 380 g/mol. The van der Waals surface area contributed by atoms with Gasteiger partial charge in [-0.3, -0.25) is 14.5 Å². The monoisotopic (exact) mass is 406 g/mol. The molecule has 3 aliphatic heterocycles. The summed E-state index contributed by atoms with van der Waals surface area (Å²) >= 11 is 0. The fourth-order valence-corrected chi connectivity index (χ4v) is 5.14. The standard InChI is InChI=1S/C22H26N6O2/c1-14(16-5-2-4-15(8-16)10-23)28-18-9-20(22(28)30)26(12-18)13-19(25)21(29)27-7-3-6-17(27)11-24/h2,4-5,8,14,17-20H,3,6-7,9,12-13,25H2,1H3/t14?,17?,18-,19?,20-/m0/s1. The highest BCUT2D eigenvalue weighted by Crippen LogP contribution is 2.38. The molecule has 2 amide bonds. The van der Waals surface area contributed by atoms with Crippen LogP contribution in [0.5, 0.6) is 0 Å². The van der Waals surface area contributed by atoms with Crippen LogP contribution in [-0.2, 0) is 9.59 Å². The van der Waals surface area contributed by atoms with Gasteiger partial charge in [-0.2, -0.15) is 10.5 Å². The minimum Gasteiger partial charge on any atom is -0.330 e. The first-order chi connectivity index (χ1) is 14.4. The Kier molecular flexibility index (Phi) is 5.46. The maximum Gasteiger partial charge on any atom is 0.241 e. The average Bonchev–Trinajstić information content (AvgIpc) is 3.47. The first kappa shape index (κ1) is 20.3. The maximum absolute atomic E-state index is 13.1. The first-order valence-electron chi connectivity index (χ1n) is 10.5. The Labute approximate surface area is 176 Å². The molecule has 30 heavy (non-hydrogen) atoms. The van der Waals surface area contributed by atoms with E-state index in [1.165, 1.54) is 0 Å². The summed E-state index contributed by atoms with van der Waals surface area (Å²) in [6.45, 7) is 3.57.